The van der Waals surface area contributed by atoms with Gasteiger partial charge in [0.05, 0.1) is 31.7 Å². The fraction of sp³-hybridized carbons (Fsp3) is 0.688. The molecule has 29 heavy (non-hydrogen) atoms. The van der Waals surface area contributed by atoms with Gasteiger partial charge in [-0.2, -0.15) is 9.97 Å². The van der Waals surface area contributed by atoms with Crippen molar-refractivity contribution < 1.29 is 23.8 Å². The highest BCUT2D eigenvalue weighted by atomic mass is 35.5. The van der Waals surface area contributed by atoms with E-state index in [0.29, 0.717) is 17.6 Å². The van der Waals surface area contributed by atoms with E-state index >= 15 is 0 Å². The Balaban J connectivity index is 1.85. The highest BCUT2D eigenvalue weighted by Gasteiger charge is 2.51. The van der Waals surface area contributed by atoms with Crippen molar-refractivity contribution in [3.8, 4) is 0 Å². The monoisotopic (exact) mass is 465 g/mol. The van der Waals surface area contributed by atoms with Crippen molar-refractivity contribution in [2.75, 3.05) is 24.7 Å². The first-order chi connectivity index (χ1) is 13.6. The summed E-state index contributed by atoms with van der Waals surface area (Å²) >= 11 is 6.95. The largest absolute Gasteiger partial charge is 0.390 e. The van der Waals surface area contributed by atoms with Gasteiger partial charge in [-0.3, -0.25) is 0 Å². The van der Waals surface area contributed by atoms with E-state index in [0.717, 1.165) is 11.4 Å². The lowest BCUT2D eigenvalue weighted by molar-refractivity contribution is -0.0140. The Labute approximate surface area is 177 Å². The molecule has 0 spiro atoms. The molecule has 1 saturated carbocycles. The third-order valence-corrected chi connectivity index (χ3v) is 9.40. The van der Waals surface area contributed by atoms with Crippen molar-refractivity contribution in [3.63, 3.8) is 0 Å². The number of imidazole rings is 1. The summed E-state index contributed by atoms with van der Waals surface area (Å²) < 4.78 is 25.0. The quantitative estimate of drug-likeness (QED) is 0.392. The summed E-state index contributed by atoms with van der Waals surface area (Å²) in [6.45, 7) is 2.45. The molecule has 4 N–H and O–H groups in total. The number of fused-ring (bicyclic) bond motifs is 1. The minimum atomic E-state index is -3.34. The second kappa shape index (κ2) is 8.66. The van der Waals surface area contributed by atoms with Crippen LogP contribution in [0.5, 0.6) is 0 Å². The Kier molecular flexibility index (Phi) is 6.79. The second-order valence-electron chi connectivity index (χ2n) is 7.12. The zero-order valence-electron chi connectivity index (χ0n) is 16.4. The van der Waals surface area contributed by atoms with Crippen LogP contribution in [0.2, 0.25) is 5.28 Å². The van der Waals surface area contributed by atoms with Gasteiger partial charge in [0.1, 0.15) is 11.6 Å². The van der Waals surface area contributed by atoms with Gasteiger partial charge in [-0.1, -0.05) is 6.92 Å². The van der Waals surface area contributed by atoms with E-state index in [4.69, 9.17) is 26.4 Å². The van der Waals surface area contributed by atoms with Crippen LogP contribution in [0.25, 0.3) is 11.2 Å². The van der Waals surface area contributed by atoms with Crippen molar-refractivity contribution in [3.05, 3.63) is 11.6 Å². The topological polar surface area (TPSA) is 146 Å². The van der Waals surface area contributed by atoms with E-state index in [9.17, 15) is 14.8 Å². The standard InChI is InChI=1S/C16H25ClN5O5PS/c1-4-26-28(25,27-5-2)29-7-16(3)6-9(11(23)12(16)24)22-8-19-10-13(18)20-15(17)21-14(10)22/h8-9,11-12,23-24H,4-7H2,1-3H3,(H2,18,20,21). The van der Waals surface area contributed by atoms with Gasteiger partial charge in [0.2, 0.25) is 5.28 Å². The number of nitrogens with zero attached hydrogens (tertiary/aromatic N) is 4. The second-order valence-corrected chi connectivity index (χ2v) is 11.5. The van der Waals surface area contributed by atoms with Gasteiger partial charge in [0.25, 0.3) is 0 Å². The van der Waals surface area contributed by atoms with E-state index in [2.05, 4.69) is 15.0 Å². The molecule has 2 heterocycles. The molecule has 0 bridgehead atoms. The van der Waals surface area contributed by atoms with Crippen molar-refractivity contribution in [2.24, 2.45) is 5.41 Å². The van der Waals surface area contributed by atoms with Crippen LogP contribution >= 0.6 is 29.8 Å². The molecule has 0 saturated heterocycles. The summed E-state index contributed by atoms with van der Waals surface area (Å²) in [5.74, 6) is 0.406. The van der Waals surface area contributed by atoms with Crippen molar-refractivity contribution in [2.45, 2.75) is 45.4 Å². The molecule has 1 fully saturated rings. The molecule has 10 nitrogen and oxygen atoms in total. The van der Waals surface area contributed by atoms with Gasteiger partial charge in [-0.15, -0.1) is 0 Å². The van der Waals surface area contributed by atoms with Gasteiger partial charge in [-0.05, 0) is 43.3 Å². The maximum Gasteiger partial charge on any atom is 0.389 e. The first kappa shape index (κ1) is 22.7. The van der Waals surface area contributed by atoms with Crippen LogP contribution in [0.4, 0.5) is 5.82 Å². The fourth-order valence-corrected chi connectivity index (χ4v) is 7.76. The summed E-state index contributed by atoms with van der Waals surface area (Å²) in [4.78, 5) is 12.3. The summed E-state index contributed by atoms with van der Waals surface area (Å²) in [6.07, 6.45) is -0.278. The smallest absolute Gasteiger partial charge is 0.389 e. The van der Waals surface area contributed by atoms with Gasteiger partial charge in [-0.25, -0.2) is 9.55 Å². The number of rotatable bonds is 8. The zero-order valence-corrected chi connectivity index (χ0v) is 18.8. The van der Waals surface area contributed by atoms with E-state index < -0.39 is 30.5 Å². The van der Waals surface area contributed by atoms with Crippen molar-refractivity contribution in [1.82, 2.24) is 19.5 Å². The molecular weight excluding hydrogens is 441 g/mol. The molecule has 0 aliphatic heterocycles. The number of nitrogen functional groups attached to an aromatic ring is 1. The van der Waals surface area contributed by atoms with Gasteiger partial charge in [0, 0.05) is 11.2 Å². The Morgan fingerprint density at radius 3 is 2.66 bits per heavy atom. The predicted molar refractivity (Wildman–Crippen MR) is 112 cm³/mol. The molecule has 2 aromatic rings. The minimum absolute atomic E-state index is 0.0301. The Morgan fingerprint density at radius 1 is 1.38 bits per heavy atom. The van der Waals surface area contributed by atoms with Gasteiger partial charge >= 0.3 is 6.80 Å². The van der Waals surface area contributed by atoms with Gasteiger partial charge < -0.3 is 29.6 Å². The summed E-state index contributed by atoms with van der Waals surface area (Å²) in [6, 6.07) is -0.524. The maximum atomic E-state index is 12.8. The minimum Gasteiger partial charge on any atom is -0.390 e. The van der Waals surface area contributed by atoms with Crippen LogP contribution in [-0.4, -0.2) is 60.9 Å². The first-order valence-electron chi connectivity index (χ1n) is 9.19. The Morgan fingerprint density at radius 2 is 2.03 bits per heavy atom. The predicted octanol–water partition coefficient (Wildman–Crippen LogP) is 2.65. The SMILES string of the molecule is CCOP(=O)(OCC)SCC1(C)CC(n2cnc3c(N)nc(Cl)nc32)C(O)C1O. The highest BCUT2D eigenvalue weighted by Crippen LogP contribution is 2.63. The number of nitrogens with two attached hydrogens (primary N) is 1. The molecular formula is C16H25ClN5O5PS. The van der Waals surface area contributed by atoms with Crippen LogP contribution in [0, 0.1) is 5.41 Å². The molecule has 13 heteroatoms. The van der Waals surface area contributed by atoms with Gasteiger partial charge in [0.15, 0.2) is 11.5 Å². The lowest BCUT2D eigenvalue weighted by Crippen LogP contribution is -2.36. The molecule has 2 aromatic heterocycles. The lowest BCUT2D eigenvalue weighted by atomic mass is 9.88. The molecule has 0 amide bonds. The Bertz CT molecular complexity index is 922. The fourth-order valence-electron chi connectivity index (χ4n) is 3.56. The molecule has 4 unspecified atom stereocenters. The normalized spacial score (nSPS) is 27.7. The molecule has 162 valence electrons. The molecule has 1 aliphatic carbocycles. The number of aliphatic hydroxyl groups is 2. The van der Waals surface area contributed by atoms with Crippen molar-refractivity contribution >= 4 is 46.8 Å². The number of hydrogen-bond donors (Lipinski definition) is 3. The molecule has 0 radical (unpaired) electrons. The highest BCUT2D eigenvalue weighted by molar-refractivity contribution is 8.55. The zero-order chi connectivity index (χ0) is 21.4. The molecule has 4 atom stereocenters. The van der Waals surface area contributed by atoms with Crippen LogP contribution in [0.1, 0.15) is 33.2 Å². The first-order valence-corrected chi connectivity index (χ1v) is 12.7. The Hall–Kier alpha value is -0.940. The number of aromatic nitrogens is 4. The van der Waals surface area contributed by atoms with E-state index in [1.807, 2.05) is 6.92 Å². The summed E-state index contributed by atoms with van der Waals surface area (Å²) in [7, 11) is 0. The molecule has 1 aliphatic rings. The lowest BCUT2D eigenvalue weighted by Gasteiger charge is -2.29. The van der Waals surface area contributed by atoms with Crippen molar-refractivity contribution in [1.29, 1.82) is 0 Å². The maximum absolute atomic E-state index is 12.8. The average Bonchev–Trinajstić information content (AvgIpc) is 3.16. The van der Waals surface area contributed by atoms with Crippen LogP contribution in [0.3, 0.4) is 0 Å². The summed E-state index contributed by atoms with van der Waals surface area (Å²) in [5.41, 5.74) is 5.85. The molecule has 0 aromatic carbocycles. The van der Waals surface area contributed by atoms with Crippen LogP contribution < -0.4 is 5.73 Å². The van der Waals surface area contributed by atoms with E-state index in [1.54, 1.807) is 18.4 Å². The number of aliphatic hydroxyl groups excluding tert-OH is 2. The molecule has 3 rings (SSSR count). The van der Waals surface area contributed by atoms with Crippen LogP contribution in [-0.2, 0) is 13.6 Å². The average molecular weight is 466 g/mol. The number of hydrogen-bond acceptors (Lipinski definition) is 10. The van der Waals surface area contributed by atoms with Crippen LogP contribution in [0.15, 0.2) is 6.33 Å². The third kappa shape index (κ3) is 4.41. The van der Waals surface area contributed by atoms with E-state index in [-0.39, 0.29) is 30.1 Å². The number of halogens is 1. The third-order valence-electron chi connectivity index (χ3n) is 5.01. The number of anilines is 1. The summed E-state index contributed by atoms with van der Waals surface area (Å²) in [5, 5.41) is 21.5. The van der Waals surface area contributed by atoms with E-state index in [1.165, 1.54) is 6.33 Å².